The first-order valence-corrected chi connectivity index (χ1v) is 6.81. The molecule has 0 saturated carbocycles. The van der Waals surface area contributed by atoms with Crippen molar-refractivity contribution in [1.82, 2.24) is 0 Å². The molecule has 94 valence electrons. The average molecular weight is 265 g/mol. The lowest BCUT2D eigenvalue weighted by Crippen LogP contribution is -2.14. The van der Waals surface area contributed by atoms with Gasteiger partial charge in [0.2, 0.25) is 0 Å². The second-order valence-electron chi connectivity index (χ2n) is 3.88. The summed E-state index contributed by atoms with van der Waals surface area (Å²) in [5, 5.41) is 0. The lowest BCUT2D eigenvalue weighted by Gasteiger charge is -2.10. The van der Waals surface area contributed by atoms with Gasteiger partial charge >= 0.3 is 0 Å². The monoisotopic (exact) mass is 265 g/mol. The Bertz CT molecular complexity index is 668. The van der Waals surface area contributed by atoms with Crippen molar-refractivity contribution in [2.75, 3.05) is 4.72 Å². The number of hydrogen-bond donors (Lipinski definition) is 1. The third-order valence-corrected chi connectivity index (χ3v) is 4.00. The molecule has 0 aliphatic rings. The normalized spacial score (nSPS) is 11.2. The Kier molecular flexibility index (Phi) is 3.34. The number of anilines is 1. The van der Waals surface area contributed by atoms with Gasteiger partial charge in [0.1, 0.15) is 5.82 Å². The third kappa shape index (κ3) is 2.68. The molecule has 2 rings (SSSR count). The highest BCUT2D eigenvalue weighted by atomic mass is 32.2. The average Bonchev–Trinajstić information content (AvgIpc) is 2.28. The van der Waals surface area contributed by atoms with E-state index in [1.54, 1.807) is 25.1 Å². The summed E-state index contributed by atoms with van der Waals surface area (Å²) >= 11 is 0. The molecule has 0 saturated heterocycles. The van der Waals surface area contributed by atoms with Gasteiger partial charge in [0.25, 0.3) is 10.0 Å². The molecular weight excluding hydrogens is 253 g/mol. The van der Waals surface area contributed by atoms with E-state index in [9.17, 15) is 12.8 Å². The molecule has 0 unspecified atom stereocenters. The summed E-state index contributed by atoms with van der Waals surface area (Å²) in [5.41, 5.74) is 0.847. The summed E-state index contributed by atoms with van der Waals surface area (Å²) in [4.78, 5) is 0.189. The zero-order chi connectivity index (χ0) is 13.2. The summed E-state index contributed by atoms with van der Waals surface area (Å²) in [6, 6.07) is 12.0. The highest BCUT2D eigenvalue weighted by molar-refractivity contribution is 7.92. The third-order valence-electron chi connectivity index (χ3n) is 2.46. The predicted molar refractivity (Wildman–Crippen MR) is 68.4 cm³/mol. The van der Waals surface area contributed by atoms with Crippen molar-refractivity contribution in [2.24, 2.45) is 0 Å². The summed E-state index contributed by atoms with van der Waals surface area (Å²) in [5.74, 6) is -0.486. The van der Waals surface area contributed by atoms with Crippen LogP contribution in [-0.2, 0) is 10.0 Å². The molecule has 1 N–H and O–H groups in total. The Morgan fingerprint density at radius 2 is 1.78 bits per heavy atom. The molecule has 0 aliphatic heterocycles. The van der Waals surface area contributed by atoms with Crippen LogP contribution in [0.2, 0.25) is 0 Å². The molecule has 0 bridgehead atoms. The Labute approximate surface area is 105 Å². The molecule has 0 spiro atoms. The van der Waals surface area contributed by atoms with Gasteiger partial charge < -0.3 is 0 Å². The largest absolute Gasteiger partial charge is 0.280 e. The van der Waals surface area contributed by atoms with Crippen molar-refractivity contribution < 1.29 is 12.8 Å². The summed E-state index contributed by atoms with van der Waals surface area (Å²) in [6.45, 7) is 1.71. The van der Waals surface area contributed by atoms with Crippen LogP contribution < -0.4 is 4.72 Å². The van der Waals surface area contributed by atoms with Crippen molar-refractivity contribution in [3.63, 3.8) is 0 Å². The Morgan fingerprint density at radius 1 is 1.06 bits per heavy atom. The van der Waals surface area contributed by atoms with Gasteiger partial charge in [0.15, 0.2) is 0 Å². The van der Waals surface area contributed by atoms with Crippen LogP contribution in [0.5, 0.6) is 0 Å². The molecule has 0 fully saturated rings. The van der Waals surface area contributed by atoms with Crippen LogP contribution in [0.4, 0.5) is 10.1 Å². The van der Waals surface area contributed by atoms with Gasteiger partial charge in [-0.05, 0) is 36.8 Å². The fourth-order valence-corrected chi connectivity index (χ4v) is 2.92. The van der Waals surface area contributed by atoms with E-state index in [0.29, 0.717) is 5.56 Å². The standard InChI is InChI=1S/C13H12FNO2S/c1-10-5-2-3-8-13(10)18(16,17)15-12-7-4-6-11(14)9-12/h2-9,15H,1H3. The van der Waals surface area contributed by atoms with Crippen LogP contribution in [0, 0.1) is 12.7 Å². The fourth-order valence-electron chi connectivity index (χ4n) is 1.62. The van der Waals surface area contributed by atoms with Crippen LogP contribution in [-0.4, -0.2) is 8.42 Å². The molecule has 18 heavy (non-hydrogen) atoms. The number of benzene rings is 2. The van der Waals surface area contributed by atoms with E-state index in [4.69, 9.17) is 0 Å². The molecule has 0 atom stereocenters. The molecule has 2 aromatic rings. The molecular formula is C13H12FNO2S. The number of rotatable bonds is 3. The first-order chi connectivity index (χ1) is 8.49. The topological polar surface area (TPSA) is 46.2 Å². The lowest BCUT2D eigenvalue weighted by atomic mass is 10.2. The number of halogens is 1. The van der Waals surface area contributed by atoms with Crippen molar-refractivity contribution >= 4 is 15.7 Å². The Hall–Kier alpha value is -1.88. The van der Waals surface area contributed by atoms with Gasteiger partial charge in [0, 0.05) is 0 Å². The van der Waals surface area contributed by atoms with Crippen molar-refractivity contribution in [3.8, 4) is 0 Å². The van der Waals surface area contributed by atoms with E-state index < -0.39 is 15.8 Å². The second-order valence-corrected chi connectivity index (χ2v) is 5.53. The maximum Gasteiger partial charge on any atom is 0.262 e. The molecule has 0 heterocycles. The quantitative estimate of drug-likeness (QED) is 0.927. The van der Waals surface area contributed by atoms with Crippen LogP contribution in [0.25, 0.3) is 0 Å². The second kappa shape index (κ2) is 4.78. The zero-order valence-corrected chi connectivity index (χ0v) is 10.5. The first kappa shape index (κ1) is 12.6. The van der Waals surface area contributed by atoms with Crippen molar-refractivity contribution in [2.45, 2.75) is 11.8 Å². The molecule has 0 amide bonds. The Morgan fingerprint density at radius 3 is 2.44 bits per heavy atom. The molecule has 2 aromatic carbocycles. The summed E-state index contributed by atoms with van der Waals surface area (Å²) < 4.78 is 39.5. The number of aryl methyl sites for hydroxylation is 1. The van der Waals surface area contributed by atoms with Gasteiger partial charge in [-0.3, -0.25) is 4.72 Å². The van der Waals surface area contributed by atoms with Crippen molar-refractivity contribution in [3.05, 3.63) is 59.9 Å². The number of nitrogens with one attached hydrogen (secondary N) is 1. The van der Waals surface area contributed by atoms with E-state index >= 15 is 0 Å². The SMILES string of the molecule is Cc1ccccc1S(=O)(=O)Nc1cccc(F)c1. The highest BCUT2D eigenvalue weighted by Crippen LogP contribution is 2.19. The minimum absolute atomic E-state index is 0.189. The smallest absolute Gasteiger partial charge is 0.262 e. The minimum atomic E-state index is -3.68. The van der Waals surface area contributed by atoms with Gasteiger partial charge in [-0.1, -0.05) is 24.3 Å². The zero-order valence-electron chi connectivity index (χ0n) is 9.72. The first-order valence-electron chi connectivity index (χ1n) is 5.33. The van der Waals surface area contributed by atoms with E-state index in [0.717, 1.165) is 6.07 Å². The number of hydrogen-bond acceptors (Lipinski definition) is 2. The van der Waals surface area contributed by atoms with Crippen LogP contribution >= 0.6 is 0 Å². The summed E-state index contributed by atoms with van der Waals surface area (Å²) in [6.07, 6.45) is 0. The maximum absolute atomic E-state index is 13.0. The van der Waals surface area contributed by atoms with Crippen LogP contribution in [0.1, 0.15) is 5.56 Å². The lowest BCUT2D eigenvalue weighted by molar-refractivity contribution is 0.600. The summed E-state index contributed by atoms with van der Waals surface area (Å²) in [7, 11) is -3.68. The molecule has 0 aromatic heterocycles. The van der Waals surface area contributed by atoms with Gasteiger partial charge in [0.05, 0.1) is 10.6 Å². The van der Waals surface area contributed by atoms with E-state index in [1.807, 2.05) is 0 Å². The molecule has 0 aliphatic carbocycles. The van der Waals surface area contributed by atoms with Crippen LogP contribution in [0.3, 0.4) is 0 Å². The van der Waals surface area contributed by atoms with Gasteiger partial charge in [-0.2, -0.15) is 0 Å². The molecule has 5 heteroatoms. The Balaban J connectivity index is 2.37. The number of sulfonamides is 1. The van der Waals surface area contributed by atoms with Gasteiger partial charge in [-0.25, -0.2) is 12.8 Å². The molecule has 0 radical (unpaired) electrons. The van der Waals surface area contributed by atoms with Gasteiger partial charge in [-0.15, -0.1) is 0 Å². The van der Waals surface area contributed by atoms with Crippen LogP contribution in [0.15, 0.2) is 53.4 Å². The minimum Gasteiger partial charge on any atom is -0.280 e. The van der Waals surface area contributed by atoms with Crippen molar-refractivity contribution in [1.29, 1.82) is 0 Å². The highest BCUT2D eigenvalue weighted by Gasteiger charge is 2.16. The predicted octanol–water partition coefficient (Wildman–Crippen LogP) is 2.93. The molecule has 3 nitrogen and oxygen atoms in total. The van der Waals surface area contributed by atoms with E-state index in [2.05, 4.69) is 4.72 Å². The van der Waals surface area contributed by atoms with E-state index in [1.165, 1.54) is 24.3 Å². The fraction of sp³-hybridized carbons (Fsp3) is 0.0769. The van der Waals surface area contributed by atoms with E-state index in [-0.39, 0.29) is 10.6 Å². The maximum atomic E-state index is 13.0.